The van der Waals surface area contributed by atoms with Crippen molar-refractivity contribution >= 4 is 23.2 Å². The van der Waals surface area contributed by atoms with Crippen LogP contribution < -0.4 is 0 Å². The Morgan fingerprint density at radius 1 is 1.27 bits per heavy atom. The molecule has 0 bridgehead atoms. The van der Waals surface area contributed by atoms with Crippen LogP contribution in [0, 0.1) is 5.82 Å². The SMILES string of the molecule is CC(=O)CCC(=O)c1cc(F)cc(Cl)c1. The molecule has 0 aliphatic heterocycles. The summed E-state index contributed by atoms with van der Waals surface area (Å²) >= 11 is 5.60. The minimum absolute atomic E-state index is 0.0640. The van der Waals surface area contributed by atoms with Crippen molar-refractivity contribution in [1.29, 1.82) is 0 Å². The van der Waals surface area contributed by atoms with Gasteiger partial charge in [-0.05, 0) is 25.1 Å². The zero-order valence-electron chi connectivity index (χ0n) is 8.22. The fraction of sp³-hybridized carbons (Fsp3) is 0.273. The van der Waals surface area contributed by atoms with E-state index >= 15 is 0 Å². The fourth-order valence-corrected chi connectivity index (χ4v) is 1.37. The molecule has 0 N–H and O–H groups in total. The van der Waals surface area contributed by atoms with Crippen molar-refractivity contribution in [3.8, 4) is 0 Å². The highest BCUT2D eigenvalue weighted by Gasteiger charge is 2.09. The summed E-state index contributed by atoms with van der Waals surface area (Å²) in [4.78, 5) is 22.1. The summed E-state index contributed by atoms with van der Waals surface area (Å²) in [6.07, 6.45) is 0.266. The number of hydrogen-bond acceptors (Lipinski definition) is 2. The van der Waals surface area contributed by atoms with Gasteiger partial charge >= 0.3 is 0 Å². The molecule has 2 nitrogen and oxygen atoms in total. The maximum Gasteiger partial charge on any atom is 0.163 e. The lowest BCUT2D eigenvalue weighted by atomic mass is 10.1. The molecule has 1 aromatic carbocycles. The molecule has 80 valence electrons. The maximum absolute atomic E-state index is 12.9. The molecule has 1 aromatic rings. The molecule has 0 fully saturated rings. The number of ketones is 2. The third-order valence-electron chi connectivity index (χ3n) is 1.89. The molecule has 0 aliphatic carbocycles. The standard InChI is InChI=1S/C11H10ClFO2/c1-7(14)2-3-11(15)8-4-9(12)6-10(13)5-8/h4-6H,2-3H2,1H3. The Balaban J connectivity index is 2.77. The molecule has 0 heterocycles. The summed E-state index contributed by atoms with van der Waals surface area (Å²) in [5.74, 6) is -0.883. The summed E-state index contributed by atoms with van der Waals surface area (Å²) < 4.78 is 12.9. The van der Waals surface area contributed by atoms with Gasteiger partial charge in [-0.15, -0.1) is 0 Å². The van der Waals surface area contributed by atoms with Gasteiger partial charge in [0.2, 0.25) is 0 Å². The Hall–Kier alpha value is -1.22. The molecule has 0 spiro atoms. The topological polar surface area (TPSA) is 34.1 Å². The van der Waals surface area contributed by atoms with Gasteiger partial charge in [-0.3, -0.25) is 4.79 Å². The third-order valence-corrected chi connectivity index (χ3v) is 2.11. The molecule has 0 amide bonds. The first-order valence-electron chi connectivity index (χ1n) is 4.48. The summed E-state index contributed by atoms with van der Waals surface area (Å²) in [5.41, 5.74) is 0.209. The van der Waals surface area contributed by atoms with Crippen LogP contribution in [0.2, 0.25) is 5.02 Å². The average Bonchev–Trinajstić information content (AvgIpc) is 2.12. The van der Waals surface area contributed by atoms with E-state index in [1.807, 2.05) is 0 Å². The molecule has 15 heavy (non-hydrogen) atoms. The first kappa shape index (κ1) is 11.9. The average molecular weight is 229 g/mol. The summed E-state index contributed by atoms with van der Waals surface area (Å²) in [5, 5.41) is 0.182. The molecule has 0 saturated carbocycles. The second-order valence-electron chi connectivity index (χ2n) is 3.28. The second-order valence-corrected chi connectivity index (χ2v) is 3.72. The molecule has 1 rings (SSSR count). The zero-order valence-corrected chi connectivity index (χ0v) is 8.97. The number of benzene rings is 1. The van der Waals surface area contributed by atoms with Crippen LogP contribution in [0.4, 0.5) is 4.39 Å². The van der Waals surface area contributed by atoms with Crippen LogP contribution in [-0.2, 0) is 4.79 Å². The summed E-state index contributed by atoms with van der Waals surface area (Å²) in [6.45, 7) is 1.41. The van der Waals surface area contributed by atoms with Crippen LogP contribution in [-0.4, -0.2) is 11.6 Å². The number of hydrogen-bond donors (Lipinski definition) is 0. The lowest BCUT2D eigenvalue weighted by Gasteiger charge is -2.00. The lowest BCUT2D eigenvalue weighted by Crippen LogP contribution is -2.02. The van der Waals surface area contributed by atoms with E-state index in [0.717, 1.165) is 12.1 Å². The van der Waals surface area contributed by atoms with E-state index in [2.05, 4.69) is 0 Å². The number of carbonyl (C=O) groups excluding carboxylic acids is 2. The molecule has 0 aromatic heterocycles. The molecular formula is C11H10ClFO2. The Labute approximate surface area is 92.0 Å². The highest BCUT2D eigenvalue weighted by molar-refractivity contribution is 6.31. The van der Waals surface area contributed by atoms with Gasteiger partial charge in [-0.2, -0.15) is 0 Å². The Kier molecular flexibility index (Phi) is 3.97. The van der Waals surface area contributed by atoms with E-state index in [1.54, 1.807) is 0 Å². The van der Waals surface area contributed by atoms with Crippen LogP contribution in [0.1, 0.15) is 30.1 Å². The second kappa shape index (κ2) is 5.03. The molecule has 0 saturated heterocycles. The van der Waals surface area contributed by atoms with Crippen LogP contribution in [0.25, 0.3) is 0 Å². The van der Waals surface area contributed by atoms with Crippen molar-refractivity contribution in [2.45, 2.75) is 19.8 Å². The van der Waals surface area contributed by atoms with E-state index in [-0.39, 0.29) is 35.0 Å². The van der Waals surface area contributed by atoms with Crippen LogP contribution in [0.5, 0.6) is 0 Å². The quantitative estimate of drug-likeness (QED) is 0.743. The van der Waals surface area contributed by atoms with Gasteiger partial charge in [0.1, 0.15) is 11.6 Å². The normalized spacial score (nSPS) is 10.1. The van der Waals surface area contributed by atoms with E-state index in [9.17, 15) is 14.0 Å². The minimum atomic E-state index is -0.548. The van der Waals surface area contributed by atoms with Crippen molar-refractivity contribution in [2.75, 3.05) is 0 Å². The van der Waals surface area contributed by atoms with Gasteiger partial charge < -0.3 is 4.79 Å². The molecular weight excluding hydrogens is 219 g/mol. The maximum atomic E-state index is 12.9. The van der Waals surface area contributed by atoms with Crippen molar-refractivity contribution in [3.05, 3.63) is 34.6 Å². The van der Waals surface area contributed by atoms with E-state index < -0.39 is 5.82 Å². The summed E-state index contributed by atoms with van der Waals surface area (Å²) in [6, 6.07) is 3.64. The number of carbonyl (C=O) groups is 2. The first-order valence-corrected chi connectivity index (χ1v) is 4.85. The zero-order chi connectivity index (χ0) is 11.4. The highest BCUT2D eigenvalue weighted by atomic mass is 35.5. The molecule has 0 aliphatic rings. The van der Waals surface area contributed by atoms with Crippen LogP contribution in [0.15, 0.2) is 18.2 Å². The largest absolute Gasteiger partial charge is 0.300 e. The van der Waals surface area contributed by atoms with Gasteiger partial charge in [0.05, 0.1) is 0 Å². The van der Waals surface area contributed by atoms with Crippen LogP contribution in [0.3, 0.4) is 0 Å². The molecule has 0 atom stereocenters. The Bertz CT molecular complexity index is 381. The lowest BCUT2D eigenvalue weighted by molar-refractivity contribution is -0.116. The van der Waals surface area contributed by atoms with Gasteiger partial charge in [-0.25, -0.2) is 4.39 Å². The predicted molar refractivity (Wildman–Crippen MR) is 55.7 cm³/mol. The third kappa shape index (κ3) is 3.80. The van der Waals surface area contributed by atoms with Gasteiger partial charge in [-0.1, -0.05) is 11.6 Å². The molecule has 4 heteroatoms. The predicted octanol–water partition coefficient (Wildman–Crippen LogP) is 3.03. The first-order chi connectivity index (χ1) is 6.99. The van der Waals surface area contributed by atoms with Crippen LogP contribution >= 0.6 is 11.6 Å². The van der Waals surface area contributed by atoms with Crippen molar-refractivity contribution < 1.29 is 14.0 Å². The molecule has 0 radical (unpaired) electrons. The van der Waals surface area contributed by atoms with Gasteiger partial charge in [0.15, 0.2) is 5.78 Å². The van der Waals surface area contributed by atoms with E-state index in [1.165, 1.54) is 13.0 Å². The van der Waals surface area contributed by atoms with Crippen molar-refractivity contribution in [3.63, 3.8) is 0 Å². The van der Waals surface area contributed by atoms with Gasteiger partial charge in [0.25, 0.3) is 0 Å². The Morgan fingerprint density at radius 2 is 1.93 bits per heavy atom. The number of halogens is 2. The monoisotopic (exact) mass is 228 g/mol. The van der Waals surface area contributed by atoms with E-state index in [0.29, 0.717) is 0 Å². The minimum Gasteiger partial charge on any atom is -0.300 e. The smallest absolute Gasteiger partial charge is 0.163 e. The fourth-order valence-electron chi connectivity index (χ4n) is 1.15. The number of Topliss-reactive ketones (excluding diaryl/α,β-unsaturated/α-hetero) is 2. The van der Waals surface area contributed by atoms with E-state index in [4.69, 9.17) is 11.6 Å². The van der Waals surface area contributed by atoms with Crippen molar-refractivity contribution in [1.82, 2.24) is 0 Å². The Morgan fingerprint density at radius 3 is 2.47 bits per heavy atom. The summed E-state index contributed by atoms with van der Waals surface area (Å²) in [7, 11) is 0. The number of rotatable bonds is 4. The van der Waals surface area contributed by atoms with Gasteiger partial charge in [0, 0.05) is 23.4 Å². The highest BCUT2D eigenvalue weighted by Crippen LogP contribution is 2.16. The molecule has 0 unspecified atom stereocenters. The van der Waals surface area contributed by atoms with Crippen molar-refractivity contribution in [2.24, 2.45) is 0 Å².